The lowest BCUT2D eigenvalue weighted by Crippen LogP contribution is -2.45. The van der Waals surface area contributed by atoms with Gasteiger partial charge in [0.2, 0.25) is 0 Å². The molecule has 1 aliphatic heterocycles. The Morgan fingerprint density at radius 1 is 1.31 bits per heavy atom. The summed E-state index contributed by atoms with van der Waals surface area (Å²) in [4.78, 5) is 12.0. The SMILES string of the molecule is C[C@@H](N[S@](=O)C(C)(C)C)c1cc(F)cc2c1O[C@@](C)(CNC(=O)OC(C)(C)C)C2. The highest BCUT2D eigenvalue weighted by atomic mass is 32.2. The van der Waals surface area contributed by atoms with Crippen molar-refractivity contribution in [3.63, 3.8) is 0 Å². The van der Waals surface area contributed by atoms with Crippen LogP contribution in [0.4, 0.5) is 9.18 Å². The summed E-state index contributed by atoms with van der Waals surface area (Å²) >= 11 is 0. The largest absolute Gasteiger partial charge is 0.485 e. The molecule has 29 heavy (non-hydrogen) atoms. The molecule has 1 aromatic carbocycles. The molecule has 0 unspecified atom stereocenters. The van der Waals surface area contributed by atoms with Crippen LogP contribution in [0.15, 0.2) is 12.1 Å². The number of nitrogens with one attached hydrogen (secondary N) is 2. The Morgan fingerprint density at radius 2 is 1.93 bits per heavy atom. The van der Waals surface area contributed by atoms with Crippen molar-refractivity contribution in [1.82, 2.24) is 10.0 Å². The molecule has 1 aromatic rings. The number of hydrogen-bond donors (Lipinski definition) is 2. The van der Waals surface area contributed by atoms with Crippen molar-refractivity contribution >= 4 is 17.1 Å². The van der Waals surface area contributed by atoms with Gasteiger partial charge in [0.05, 0.1) is 22.3 Å². The standard InChI is InChI=1S/C21H33FN2O4S/c1-13(24-29(26)20(5,6)7)16-10-15(22)9-14-11-21(8,27-17(14)16)12-23-18(25)28-19(2,3)4/h9-10,13,24H,11-12H2,1-8H3,(H,23,25)/t13-,21-,29-/m1/s1. The number of carbonyl (C=O) groups is 1. The van der Waals surface area contributed by atoms with Crippen LogP contribution in [-0.4, -0.2) is 32.8 Å². The highest BCUT2D eigenvalue weighted by molar-refractivity contribution is 7.84. The van der Waals surface area contributed by atoms with Crippen molar-refractivity contribution in [2.24, 2.45) is 0 Å². The normalized spacial score (nSPS) is 21.1. The maximum atomic E-state index is 14.3. The predicted molar refractivity (Wildman–Crippen MR) is 113 cm³/mol. The van der Waals surface area contributed by atoms with Gasteiger partial charge in [0.15, 0.2) is 0 Å². The van der Waals surface area contributed by atoms with Crippen molar-refractivity contribution in [1.29, 1.82) is 0 Å². The second kappa shape index (κ2) is 8.22. The van der Waals surface area contributed by atoms with Gasteiger partial charge in [-0.2, -0.15) is 0 Å². The Bertz CT molecular complexity index is 801. The van der Waals surface area contributed by atoms with Crippen LogP contribution in [0.25, 0.3) is 0 Å². The number of carbonyl (C=O) groups excluding carboxylic acids is 1. The lowest BCUT2D eigenvalue weighted by atomic mass is 9.97. The molecule has 0 bridgehead atoms. The summed E-state index contributed by atoms with van der Waals surface area (Å²) in [6, 6.07) is 2.48. The summed E-state index contributed by atoms with van der Waals surface area (Å²) in [6.07, 6.45) is -0.0851. The highest BCUT2D eigenvalue weighted by Gasteiger charge is 2.38. The zero-order chi connectivity index (χ0) is 22.2. The fraction of sp³-hybridized carbons (Fsp3) is 0.667. The fourth-order valence-corrected chi connectivity index (χ4v) is 3.81. The van der Waals surface area contributed by atoms with E-state index in [0.29, 0.717) is 17.7 Å². The maximum Gasteiger partial charge on any atom is 0.407 e. The highest BCUT2D eigenvalue weighted by Crippen LogP contribution is 2.41. The van der Waals surface area contributed by atoms with Crippen molar-refractivity contribution < 1.29 is 22.9 Å². The fourth-order valence-electron chi connectivity index (χ4n) is 3.01. The first-order valence-corrected chi connectivity index (χ1v) is 10.9. The summed E-state index contributed by atoms with van der Waals surface area (Å²) in [5.41, 5.74) is 0.0113. The van der Waals surface area contributed by atoms with E-state index in [4.69, 9.17) is 9.47 Å². The summed E-state index contributed by atoms with van der Waals surface area (Å²) in [5.74, 6) is 0.202. The molecule has 0 aliphatic carbocycles. The van der Waals surface area contributed by atoms with Gasteiger partial charge in [-0.05, 0) is 67.5 Å². The van der Waals surface area contributed by atoms with Gasteiger partial charge >= 0.3 is 6.09 Å². The van der Waals surface area contributed by atoms with E-state index in [1.54, 1.807) is 20.8 Å². The topological polar surface area (TPSA) is 76.7 Å². The van der Waals surface area contributed by atoms with Crippen molar-refractivity contribution in [2.75, 3.05) is 6.54 Å². The number of halogens is 1. The van der Waals surface area contributed by atoms with Gasteiger partial charge in [-0.1, -0.05) is 0 Å². The molecule has 0 radical (unpaired) electrons. The Hall–Kier alpha value is -1.67. The minimum atomic E-state index is -1.31. The van der Waals surface area contributed by atoms with Crippen molar-refractivity contribution in [3.05, 3.63) is 29.1 Å². The van der Waals surface area contributed by atoms with Crippen molar-refractivity contribution in [2.45, 2.75) is 83.8 Å². The number of fused-ring (bicyclic) bond motifs is 1. The van der Waals surface area contributed by atoms with Gasteiger partial charge in [-0.25, -0.2) is 18.1 Å². The van der Waals surface area contributed by atoms with E-state index in [9.17, 15) is 13.4 Å². The minimum absolute atomic E-state index is 0.216. The quantitative estimate of drug-likeness (QED) is 0.738. The number of ether oxygens (including phenoxy) is 2. The van der Waals surface area contributed by atoms with E-state index in [2.05, 4.69) is 10.0 Å². The average molecular weight is 429 g/mol. The molecule has 1 amide bonds. The zero-order valence-electron chi connectivity index (χ0n) is 18.6. The molecule has 0 saturated heterocycles. The Labute approximate surface area is 175 Å². The van der Waals surface area contributed by atoms with Crippen LogP contribution in [0, 0.1) is 5.82 Å². The minimum Gasteiger partial charge on any atom is -0.485 e. The second-order valence-corrected chi connectivity index (χ2v) is 11.8. The second-order valence-electron chi connectivity index (χ2n) is 9.79. The van der Waals surface area contributed by atoms with Crippen LogP contribution in [-0.2, 0) is 22.1 Å². The number of benzene rings is 1. The van der Waals surface area contributed by atoms with E-state index >= 15 is 0 Å². The Morgan fingerprint density at radius 3 is 2.48 bits per heavy atom. The molecule has 8 heteroatoms. The molecule has 0 fully saturated rings. The molecule has 1 aliphatic rings. The number of amides is 1. The Balaban J connectivity index is 2.16. The van der Waals surface area contributed by atoms with Crippen LogP contribution in [0.2, 0.25) is 0 Å². The number of rotatable bonds is 5. The summed E-state index contributed by atoms with van der Waals surface area (Å²) in [7, 11) is -1.31. The summed E-state index contributed by atoms with van der Waals surface area (Å²) in [6.45, 7) is 14.9. The van der Waals surface area contributed by atoms with Gasteiger partial charge in [-0.3, -0.25) is 0 Å². The van der Waals surface area contributed by atoms with E-state index in [-0.39, 0.29) is 18.4 Å². The van der Waals surface area contributed by atoms with Crippen LogP contribution < -0.4 is 14.8 Å². The number of hydrogen-bond acceptors (Lipinski definition) is 4. The summed E-state index contributed by atoms with van der Waals surface area (Å²) < 4.78 is 40.7. The maximum absolute atomic E-state index is 14.3. The molecule has 3 atom stereocenters. The monoisotopic (exact) mass is 428 g/mol. The smallest absolute Gasteiger partial charge is 0.407 e. The lowest BCUT2D eigenvalue weighted by Gasteiger charge is -2.27. The third-order valence-corrected chi connectivity index (χ3v) is 6.06. The zero-order valence-corrected chi connectivity index (χ0v) is 19.4. The van der Waals surface area contributed by atoms with E-state index in [1.165, 1.54) is 12.1 Å². The molecule has 164 valence electrons. The number of alkyl carbamates (subject to hydrolysis) is 1. The van der Waals surface area contributed by atoms with E-state index in [0.717, 1.165) is 5.56 Å². The van der Waals surface area contributed by atoms with Crippen LogP contribution >= 0.6 is 0 Å². The first-order valence-electron chi connectivity index (χ1n) is 9.76. The molecular formula is C21H33FN2O4S. The molecule has 0 spiro atoms. The molecule has 0 aromatic heterocycles. The summed E-state index contributed by atoms with van der Waals surface area (Å²) in [5, 5.41) is 2.73. The Kier molecular flexibility index (Phi) is 6.69. The van der Waals surface area contributed by atoms with Gasteiger partial charge in [0.1, 0.15) is 22.8 Å². The predicted octanol–water partition coefficient (Wildman–Crippen LogP) is 4.16. The third kappa shape index (κ3) is 6.40. The first-order chi connectivity index (χ1) is 13.1. The molecule has 0 saturated carbocycles. The molecular weight excluding hydrogens is 395 g/mol. The van der Waals surface area contributed by atoms with E-state index in [1.807, 2.05) is 34.6 Å². The van der Waals surface area contributed by atoms with Crippen molar-refractivity contribution in [3.8, 4) is 5.75 Å². The van der Waals surface area contributed by atoms with Gasteiger partial charge in [0.25, 0.3) is 0 Å². The van der Waals surface area contributed by atoms with E-state index < -0.39 is 33.0 Å². The van der Waals surface area contributed by atoms with Crippen LogP contribution in [0.1, 0.15) is 72.6 Å². The molecule has 2 rings (SSSR count). The molecule has 1 heterocycles. The third-order valence-electron chi connectivity index (χ3n) is 4.38. The average Bonchev–Trinajstić information content (AvgIpc) is 2.86. The lowest BCUT2D eigenvalue weighted by molar-refractivity contribution is 0.0447. The first kappa shape index (κ1) is 23.6. The molecule has 2 N–H and O–H groups in total. The van der Waals surface area contributed by atoms with Gasteiger partial charge in [0, 0.05) is 23.6 Å². The van der Waals surface area contributed by atoms with Gasteiger partial charge in [-0.15, -0.1) is 0 Å². The van der Waals surface area contributed by atoms with Crippen LogP contribution in [0.3, 0.4) is 0 Å². The molecule has 6 nitrogen and oxygen atoms in total. The van der Waals surface area contributed by atoms with Crippen LogP contribution in [0.5, 0.6) is 5.75 Å². The van der Waals surface area contributed by atoms with Gasteiger partial charge < -0.3 is 14.8 Å².